The maximum absolute atomic E-state index is 9.94. The van der Waals surface area contributed by atoms with Gasteiger partial charge in [0, 0.05) is 6.20 Å². The summed E-state index contributed by atoms with van der Waals surface area (Å²) in [6.07, 6.45) is 1.72. The lowest BCUT2D eigenvalue weighted by molar-refractivity contribution is 0.285. The van der Waals surface area contributed by atoms with Gasteiger partial charge in [-0.1, -0.05) is 30.3 Å². The predicted octanol–water partition coefficient (Wildman–Crippen LogP) is 3.52. The minimum atomic E-state index is 0.148. The van der Waals surface area contributed by atoms with Gasteiger partial charge in [-0.2, -0.15) is 0 Å². The van der Waals surface area contributed by atoms with Crippen LogP contribution in [0, 0.1) is 0 Å². The van der Waals surface area contributed by atoms with Crippen LogP contribution in [0.2, 0.25) is 0 Å². The standard InChI is InChI=1S/C16H13NO2/c18-15-9-12-5-1-2-6-13(12)10-16(15)19-11-14-7-3-4-8-17-14/h1-10,18H,11H2. The first kappa shape index (κ1) is 11.5. The van der Waals surface area contributed by atoms with Gasteiger partial charge in [-0.3, -0.25) is 4.98 Å². The van der Waals surface area contributed by atoms with Crippen molar-refractivity contribution in [3.8, 4) is 11.5 Å². The van der Waals surface area contributed by atoms with Crippen LogP contribution in [-0.4, -0.2) is 10.1 Å². The molecule has 19 heavy (non-hydrogen) atoms. The highest BCUT2D eigenvalue weighted by Gasteiger charge is 2.05. The van der Waals surface area contributed by atoms with Gasteiger partial charge in [0.25, 0.3) is 0 Å². The smallest absolute Gasteiger partial charge is 0.162 e. The SMILES string of the molecule is Oc1cc2ccccc2cc1OCc1ccccn1. The van der Waals surface area contributed by atoms with Crippen molar-refractivity contribution in [2.45, 2.75) is 6.61 Å². The average molecular weight is 251 g/mol. The number of rotatable bonds is 3. The number of nitrogens with zero attached hydrogens (tertiary/aromatic N) is 1. The molecule has 1 N–H and O–H groups in total. The van der Waals surface area contributed by atoms with Gasteiger partial charge in [-0.05, 0) is 35.0 Å². The van der Waals surface area contributed by atoms with Gasteiger partial charge in [0.2, 0.25) is 0 Å². The fourth-order valence-electron chi connectivity index (χ4n) is 1.96. The zero-order chi connectivity index (χ0) is 13.1. The van der Waals surface area contributed by atoms with Crippen molar-refractivity contribution < 1.29 is 9.84 Å². The molecular weight excluding hydrogens is 238 g/mol. The Hall–Kier alpha value is -2.55. The Balaban J connectivity index is 1.86. The van der Waals surface area contributed by atoms with Crippen LogP contribution in [-0.2, 0) is 6.61 Å². The van der Waals surface area contributed by atoms with Gasteiger partial charge in [0.1, 0.15) is 6.61 Å². The highest BCUT2D eigenvalue weighted by Crippen LogP contribution is 2.31. The van der Waals surface area contributed by atoms with E-state index in [1.807, 2.05) is 48.5 Å². The van der Waals surface area contributed by atoms with Crippen molar-refractivity contribution in [1.82, 2.24) is 4.98 Å². The summed E-state index contributed by atoms with van der Waals surface area (Å²) in [6, 6.07) is 17.1. The number of phenolic OH excluding ortho intramolecular Hbond substituents is 1. The molecule has 0 bridgehead atoms. The van der Waals surface area contributed by atoms with E-state index in [0.717, 1.165) is 16.5 Å². The molecule has 3 aromatic rings. The van der Waals surface area contributed by atoms with E-state index < -0.39 is 0 Å². The molecule has 0 spiro atoms. The molecule has 3 rings (SSSR count). The Morgan fingerprint density at radius 2 is 1.68 bits per heavy atom. The van der Waals surface area contributed by atoms with E-state index in [0.29, 0.717) is 12.4 Å². The summed E-state index contributed by atoms with van der Waals surface area (Å²) in [7, 11) is 0. The van der Waals surface area contributed by atoms with Crippen molar-refractivity contribution in [1.29, 1.82) is 0 Å². The molecule has 94 valence electrons. The number of pyridine rings is 1. The first-order valence-electron chi connectivity index (χ1n) is 6.07. The third-order valence-electron chi connectivity index (χ3n) is 2.93. The van der Waals surface area contributed by atoms with Gasteiger partial charge < -0.3 is 9.84 Å². The van der Waals surface area contributed by atoms with Gasteiger partial charge in [-0.15, -0.1) is 0 Å². The molecule has 0 aliphatic carbocycles. The number of benzene rings is 2. The molecule has 1 aromatic heterocycles. The minimum absolute atomic E-state index is 0.148. The Morgan fingerprint density at radius 3 is 2.42 bits per heavy atom. The number of hydrogen-bond donors (Lipinski definition) is 1. The third-order valence-corrected chi connectivity index (χ3v) is 2.93. The van der Waals surface area contributed by atoms with E-state index in [9.17, 15) is 5.11 Å². The molecule has 1 heterocycles. The molecular formula is C16H13NO2. The van der Waals surface area contributed by atoms with E-state index >= 15 is 0 Å². The molecule has 0 amide bonds. The molecule has 2 aromatic carbocycles. The minimum Gasteiger partial charge on any atom is -0.504 e. The zero-order valence-electron chi connectivity index (χ0n) is 10.3. The highest BCUT2D eigenvalue weighted by molar-refractivity contribution is 5.85. The molecule has 0 saturated heterocycles. The van der Waals surface area contributed by atoms with E-state index in [-0.39, 0.29) is 5.75 Å². The average Bonchev–Trinajstić information content (AvgIpc) is 2.46. The van der Waals surface area contributed by atoms with E-state index in [4.69, 9.17) is 4.74 Å². The number of hydrogen-bond acceptors (Lipinski definition) is 3. The van der Waals surface area contributed by atoms with Gasteiger partial charge in [-0.25, -0.2) is 0 Å². The van der Waals surface area contributed by atoms with Crippen molar-refractivity contribution in [3.63, 3.8) is 0 Å². The Kier molecular flexibility index (Phi) is 3.02. The fourth-order valence-corrected chi connectivity index (χ4v) is 1.96. The molecule has 0 aliphatic heterocycles. The number of phenols is 1. The number of ether oxygens (including phenoxy) is 1. The molecule has 0 radical (unpaired) electrons. The topological polar surface area (TPSA) is 42.4 Å². The van der Waals surface area contributed by atoms with Crippen LogP contribution in [0.1, 0.15) is 5.69 Å². The molecule has 0 fully saturated rings. The first-order valence-corrected chi connectivity index (χ1v) is 6.07. The van der Waals surface area contributed by atoms with Crippen molar-refractivity contribution in [2.24, 2.45) is 0 Å². The largest absolute Gasteiger partial charge is 0.504 e. The molecule has 3 nitrogen and oxygen atoms in total. The number of aromatic hydroxyl groups is 1. The van der Waals surface area contributed by atoms with Gasteiger partial charge >= 0.3 is 0 Å². The molecule has 3 heteroatoms. The second kappa shape index (κ2) is 4.98. The van der Waals surface area contributed by atoms with Crippen molar-refractivity contribution >= 4 is 10.8 Å². The maximum Gasteiger partial charge on any atom is 0.162 e. The summed E-state index contributed by atoms with van der Waals surface area (Å²) in [5, 5.41) is 12.0. The molecule has 0 aliphatic rings. The van der Waals surface area contributed by atoms with E-state index in [2.05, 4.69) is 4.98 Å². The van der Waals surface area contributed by atoms with Crippen molar-refractivity contribution in [2.75, 3.05) is 0 Å². The fraction of sp³-hybridized carbons (Fsp3) is 0.0625. The summed E-state index contributed by atoms with van der Waals surface area (Å²) < 4.78 is 5.62. The highest BCUT2D eigenvalue weighted by atomic mass is 16.5. The van der Waals surface area contributed by atoms with E-state index in [1.165, 1.54) is 0 Å². The number of fused-ring (bicyclic) bond motifs is 1. The van der Waals surface area contributed by atoms with Crippen LogP contribution in [0.25, 0.3) is 10.8 Å². The van der Waals surface area contributed by atoms with E-state index in [1.54, 1.807) is 12.3 Å². The Morgan fingerprint density at radius 1 is 0.947 bits per heavy atom. The Labute approximate surface area is 111 Å². The van der Waals surface area contributed by atoms with Crippen LogP contribution in [0.4, 0.5) is 0 Å². The number of aromatic nitrogens is 1. The third kappa shape index (κ3) is 2.50. The predicted molar refractivity (Wildman–Crippen MR) is 74.2 cm³/mol. The normalized spacial score (nSPS) is 10.5. The van der Waals surface area contributed by atoms with Gasteiger partial charge in [0.05, 0.1) is 5.69 Å². The summed E-state index contributed by atoms with van der Waals surface area (Å²) in [5.41, 5.74) is 0.829. The second-order valence-electron chi connectivity index (χ2n) is 4.28. The molecule has 0 saturated carbocycles. The summed E-state index contributed by atoms with van der Waals surface area (Å²) >= 11 is 0. The Bertz CT molecular complexity index is 695. The summed E-state index contributed by atoms with van der Waals surface area (Å²) in [4.78, 5) is 4.18. The zero-order valence-corrected chi connectivity index (χ0v) is 10.3. The lowest BCUT2D eigenvalue weighted by Gasteiger charge is -2.09. The lowest BCUT2D eigenvalue weighted by Crippen LogP contribution is -1.97. The summed E-state index contributed by atoms with van der Waals surface area (Å²) in [6.45, 7) is 0.340. The lowest BCUT2D eigenvalue weighted by atomic mass is 10.1. The van der Waals surface area contributed by atoms with Crippen LogP contribution in [0.15, 0.2) is 60.8 Å². The van der Waals surface area contributed by atoms with Crippen LogP contribution in [0.3, 0.4) is 0 Å². The van der Waals surface area contributed by atoms with Crippen LogP contribution < -0.4 is 4.74 Å². The van der Waals surface area contributed by atoms with Crippen LogP contribution in [0.5, 0.6) is 11.5 Å². The first-order chi connectivity index (χ1) is 9.33. The van der Waals surface area contributed by atoms with Crippen molar-refractivity contribution in [3.05, 3.63) is 66.5 Å². The van der Waals surface area contributed by atoms with Gasteiger partial charge in [0.15, 0.2) is 11.5 Å². The maximum atomic E-state index is 9.94. The monoisotopic (exact) mass is 251 g/mol. The van der Waals surface area contributed by atoms with Crippen LogP contribution >= 0.6 is 0 Å². The second-order valence-corrected chi connectivity index (χ2v) is 4.28. The molecule has 0 unspecified atom stereocenters. The molecule has 0 atom stereocenters. The summed E-state index contributed by atoms with van der Waals surface area (Å²) in [5.74, 6) is 0.624. The quantitative estimate of drug-likeness (QED) is 0.774.